The zero-order valence-electron chi connectivity index (χ0n) is 10.2. The molecule has 0 aliphatic carbocycles. The fraction of sp³-hybridized carbons (Fsp3) is 0.462. The highest BCUT2D eigenvalue weighted by Crippen LogP contribution is 2.19. The van der Waals surface area contributed by atoms with Gasteiger partial charge in [-0.05, 0) is 30.9 Å². The van der Waals surface area contributed by atoms with Crippen LogP contribution in [0, 0.1) is 17.6 Å². The molecule has 1 fully saturated rings. The largest absolute Gasteiger partial charge is 0.381 e. The number of benzene rings is 1. The Kier molecular flexibility index (Phi) is 4.87. The average molecular weight is 334 g/mol. The predicted octanol–water partition coefficient (Wildman–Crippen LogP) is 2.88. The molecule has 0 aromatic heterocycles. The quantitative estimate of drug-likeness (QED) is 0.923. The second-order valence-electron chi connectivity index (χ2n) is 4.54. The van der Waals surface area contributed by atoms with Gasteiger partial charge in [0.15, 0.2) is 0 Å². The molecule has 1 aromatic carbocycles. The Bertz CT molecular complexity index is 453. The lowest BCUT2D eigenvalue weighted by Crippen LogP contribution is -2.34. The van der Waals surface area contributed by atoms with Gasteiger partial charge in [-0.3, -0.25) is 4.79 Å². The Hall–Kier alpha value is -1.01. The highest BCUT2D eigenvalue weighted by atomic mass is 79.9. The fourth-order valence-corrected chi connectivity index (χ4v) is 2.45. The smallest absolute Gasteiger partial charge is 0.257 e. The van der Waals surface area contributed by atoms with Crippen molar-refractivity contribution >= 4 is 21.8 Å². The second-order valence-corrected chi connectivity index (χ2v) is 5.45. The van der Waals surface area contributed by atoms with Crippen LogP contribution in [-0.2, 0) is 4.74 Å². The van der Waals surface area contributed by atoms with Crippen LogP contribution in [0.3, 0.4) is 0 Å². The molecule has 1 atom stereocenters. The summed E-state index contributed by atoms with van der Waals surface area (Å²) in [7, 11) is 0. The summed E-state index contributed by atoms with van der Waals surface area (Å²) in [5.41, 5.74) is -0.542. The van der Waals surface area contributed by atoms with Gasteiger partial charge in [-0.2, -0.15) is 0 Å². The fourth-order valence-electron chi connectivity index (χ4n) is 2.05. The van der Waals surface area contributed by atoms with Crippen molar-refractivity contribution in [3.63, 3.8) is 0 Å². The van der Waals surface area contributed by atoms with E-state index in [0.29, 0.717) is 13.2 Å². The maximum absolute atomic E-state index is 13.6. The number of hydrogen-bond donors (Lipinski definition) is 1. The topological polar surface area (TPSA) is 38.3 Å². The molecule has 19 heavy (non-hydrogen) atoms. The minimum Gasteiger partial charge on any atom is -0.381 e. The molecule has 2 rings (SSSR count). The summed E-state index contributed by atoms with van der Waals surface area (Å²) in [6, 6.07) is 2.14. The first-order valence-corrected chi connectivity index (χ1v) is 6.87. The van der Waals surface area contributed by atoms with Crippen molar-refractivity contribution in [3.8, 4) is 0 Å². The second kappa shape index (κ2) is 6.43. The molecule has 1 unspecified atom stereocenters. The van der Waals surface area contributed by atoms with Crippen molar-refractivity contribution in [2.45, 2.75) is 12.8 Å². The summed E-state index contributed by atoms with van der Waals surface area (Å²) < 4.78 is 32.7. The van der Waals surface area contributed by atoms with Gasteiger partial charge in [0.1, 0.15) is 17.2 Å². The normalized spacial score (nSPS) is 19.2. The molecular weight excluding hydrogens is 320 g/mol. The van der Waals surface area contributed by atoms with Crippen LogP contribution in [0.25, 0.3) is 0 Å². The highest BCUT2D eigenvalue weighted by molar-refractivity contribution is 9.10. The molecule has 0 saturated carbocycles. The lowest BCUT2D eigenvalue weighted by Gasteiger charge is -2.22. The Morgan fingerprint density at radius 3 is 2.68 bits per heavy atom. The van der Waals surface area contributed by atoms with Crippen molar-refractivity contribution < 1.29 is 18.3 Å². The van der Waals surface area contributed by atoms with E-state index in [9.17, 15) is 13.6 Å². The third-order valence-corrected chi connectivity index (χ3v) is 3.50. The van der Waals surface area contributed by atoms with Crippen LogP contribution in [0.4, 0.5) is 8.78 Å². The average Bonchev–Trinajstić information content (AvgIpc) is 2.36. The monoisotopic (exact) mass is 333 g/mol. The maximum Gasteiger partial charge on any atom is 0.257 e. The zero-order chi connectivity index (χ0) is 13.8. The van der Waals surface area contributed by atoms with Crippen molar-refractivity contribution in [2.24, 2.45) is 5.92 Å². The van der Waals surface area contributed by atoms with E-state index in [2.05, 4.69) is 21.2 Å². The van der Waals surface area contributed by atoms with Crippen LogP contribution in [0.1, 0.15) is 23.2 Å². The molecule has 1 amide bonds. The van der Waals surface area contributed by atoms with Gasteiger partial charge in [0.2, 0.25) is 0 Å². The molecule has 1 heterocycles. The standard InChI is InChI=1S/C13H14BrF2NO2/c14-9-4-10(15)12(11(16)5-9)13(18)17-6-8-2-1-3-19-7-8/h4-5,8H,1-3,6-7H2,(H,17,18). The molecule has 1 N–H and O–H groups in total. The van der Waals surface area contributed by atoms with E-state index in [1.165, 1.54) is 0 Å². The van der Waals surface area contributed by atoms with Crippen LogP contribution in [0.15, 0.2) is 16.6 Å². The lowest BCUT2D eigenvalue weighted by atomic mass is 10.0. The SMILES string of the molecule is O=C(NCC1CCCOC1)c1c(F)cc(Br)cc1F. The molecule has 1 saturated heterocycles. The molecule has 1 aromatic rings. The first kappa shape index (κ1) is 14.4. The van der Waals surface area contributed by atoms with Crippen molar-refractivity contribution in [3.05, 3.63) is 33.8 Å². The summed E-state index contributed by atoms with van der Waals surface area (Å²) in [6.45, 7) is 1.68. The number of ether oxygens (including phenoxy) is 1. The number of nitrogens with one attached hydrogen (secondary N) is 1. The van der Waals surface area contributed by atoms with Crippen molar-refractivity contribution in [1.82, 2.24) is 5.32 Å². The van der Waals surface area contributed by atoms with Crippen molar-refractivity contribution in [2.75, 3.05) is 19.8 Å². The number of halogens is 3. The summed E-state index contributed by atoms with van der Waals surface area (Å²) in [4.78, 5) is 11.8. The van der Waals surface area contributed by atoms with Crippen LogP contribution in [-0.4, -0.2) is 25.7 Å². The first-order chi connectivity index (χ1) is 9.08. The van der Waals surface area contributed by atoms with Crippen LogP contribution in [0.2, 0.25) is 0 Å². The number of carbonyl (C=O) groups is 1. The number of carbonyl (C=O) groups excluding carboxylic acids is 1. The van der Waals surface area contributed by atoms with Crippen LogP contribution >= 0.6 is 15.9 Å². The van der Waals surface area contributed by atoms with Gasteiger partial charge in [-0.25, -0.2) is 8.78 Å². The van der Waals surface area contributed by atoms with Gasteiger partial charge in [-0.1, -0.05) is 15.9 Å². The molecule has 3 nitrogen and oxygen atoms in total. The summed E-state index contributed by atoms with van der Waals surface area (Å²) >= 11 is 2.97. The van der Waals surface area contributed by atoms with Crippen LogP contribution < -0.4 is 5.32 Å². The third-order valence-electron chi connectivity index (χ3n) is 3.04. The minimum atomic E-state index is -0.871. The molecular formula is C13H14BrF2NO2. The van der Waals surface area contributed by atoms with E-state index in [0.717, 1.165) is 31.6 Å². The zero-order valence-corrected chi connectivity index (χ0v) is 11.8. The van der Waals surface area contributed by atoms with Gasteiger partial charge in [0, 0.05) is 17.6 Å². The number of rotatable bonds is 3. The Morgan fingerprint density at radius 1 is 1.42 bits per heavy atom. The first-order valence-electron chi connectivity index (χ1n) is 6.08. The van der Waals surface area contributed by atoms with E-state index < -0.39 is 23.1 Å². The molecule has 1 aliphatic rings. The van der Waals surface area contributed by atoms with Crippen molar-refractivity contribution in [1.29, 1.82) is 0 Å². The van der Waals surface area contributed by atoms with Gasteiger partial charge < -0.3 is 10.1 Å². The summed E-state index contributed by atoms with van der Waals surface area (Å²) in [5.74, 6) is -2.26. The van der Waals surface area contributed by atoms with E-state index in [-0.39, 0.29) is 10.4 Å². The van der Waals surface area contributed by atoms with Gasteiger partial charge >= 0.3 is 0 Å². The van der Waals surface area contributed by atoms with Gasteiger partial charge in [-0.15, -0.1) is 0 Å². The maximum atomic E-state index is 13.6. The molecule has 104 valence electrons. The van der Waals surface area contributed by atoms with E-state index >= 15 is 0 Å². The summed E-state index contributed by atoms with van der Waals surface area (Å²) in [5, 5.41) is 2.56. The highest BCUT2D eigenvalue weighted by Gasteiger charge is 2.20. The molecule has 0 spiro atoms. The Morgan fingerprint density at radius 2 is 2.11 bits per heavy atom. The number of hydrogen-bond acceptors (Lipinski definition) is 2. The Labute approximate surface area is 118 Å². The lowest BCUT2D eigenvalue weighted by molar-refractivity contribution is 0.0535. The molecule has 6 heteroatoms. The third kappa shape index (κ3) is 3.73. The van der Waals surface area contributed by atoms with E-state index in [1.807, 2.05) is 0 Å². The summed E-state index contributed by atoms with van der Waals surface area (Å²) in [6.07, 6.45) is 1.90. The van der Waals surface area contributed by atoms with E-state index in [4.69, 9.17) is 4.74 Å². The molecule has 1 aliphatic heterocycles. The van der Waals surface area contributed by atoms with Gasteiger partial charge in [0.05, 0.1) is 6.61 Å². The predicted molar refractivity (Wildman–Crippen MR) is 69.9 cm³/mol. The Balaban J connectivity index is 1.99. The minimum absolute atomic E-state index is 0.208. The molecule has 0 radical (unpaired) electrons. The van der Waals surface area contributed by atoms with E-state index in [1.54, 1.807) is 0 Å². The number of amides is 1. The molecule has 0 bridgehead atoms. The van der Waals surface area contributed by atoms with Crippen LogP contribution in [0.5, 0.6) is 0 Å². The van der Waals surface area contributed by atoms with Gasteiger partial charge in [0.25, 0.3) is 5.91 Å².